The molecule has 0 atom stereocenters. The standard InChI is InChI=1S/C24H21F6N5S/c25-23(26,27)10-16-7-17-20(31-12-32-21(17)36-16)35-4-3-22(11-35)8-15(9-22)33-14-2-1-13-5-19(24(28,29)30)34-18(13)6-14/h1-2,5-7,12,15,33-34H,3-4,8-11H2. The first-order valence-electron chi connectivity index (χ1n) is 11.5. The number of anilines is 2. The van der Waals surface area contributed by atoms with E-state index in [4.69, 9.17) is 0 Å². The molecular weight excluding hydrogens is 504 g/mol. The van der Waals surface area contributed by atoms with Crippen LogP contribution in [-0.4, -0.2) is 40.3 Å². The van der Waals surface area contributed by atoms with Crippen LogP contribution in [0.25, 0.3) is 21.1 Å². The van der Waals surface area contributed by atoms with Crippen molar-refractivity contribution < 1.29 is 26.3 Å². The normalized spacial score (nSPS) is 22.6. The predicted molar refractivity (Wildman–Crippen MR) is 126 cm³/mol. The molecule has 1 saturated heterocycles. The van der Waals surface area contributed by atoms with E-state index in [9.17, 15) is 26.3 Å². The molecule has 1 saturated carbocycles. The Morgan fingerprint density at radius 3 is 2.64 bits per heavy atom. The third-order valence-electron chi connectivity index (χ3n) is 7.13. The molecule has 0 bridgehead atoms. The van der Waals surface area contributed by atoms with Gasteiger partial charge < -0.3 is 15.2 Å². The zero-order chi connectivity index (χ0) is 25.3. The van der Waals surface area contributed by atoms with Crippen molar-refractivity contribution in [3.63, 3.8) is 0 Å². The van der Waals surface area contributed by atoms with Crippen LogP contribution in [0.5, 0.6) is 0 Å². The summed E-state index contributed by atoms with van der Waals surface area (Å²) in [5.74, 6) is 0.677. The zero-order valence-electron chi connectivity index (χ0n) is 18.8. The van der Waals surface area contributed by atoms with Crippen molar-refractivity contribution in [1.29, 1.82) is 0 Å². The maximum atomic E-state index is 13.0. The minimum Gasteiger partial charge on any atom is -0.382 e. The van der Waals surface area contributed by atoms with Gasteiger partial charge in [-0.3, -0.25) is 0 Å². The van der Waals surface area contributed by atoms with Crippen molar-refractivity contribution in [2.45, 2.75) is 44.1 Å². The Bertz CT molecular complexity index is 1430. The highest BCUT2D eigenvalue weighted by Gasteiger charge is 2.49. The summed E-state index contributed by atoms with van der Waals surface area (Å²) in [5, 5.41) is 4.59. The van der Waals surface area contributed by atoms with Gasteiger partial charge in [0.15, 0.2) is 0 Å². The van der Waals surface area contributed by atoms with Gasteiger partial charge in [0.1, 0.15) is 22.7 Å². The van der Waals surface area contributed by atoms with E-state index in [0.29, 0.717) is 26.9 Å². The minimum atomic E-state index is -4.42. The van der Waals surface area contributed by atoms with Crippen molar-refractivity contribution >= 4 is 44.0 Å². The predicted octanol–water partition coefficient (Wildman–Crippen LogP) is 6.77. The molecule has 190 valence electrons. The molecule has 1 spiro atoms. The quantitative estimate of drug-likeness (QED) is 0.289. The average Bonchev–Trinajstić information content (AvgIpc) is 3.47. The fraction of sp³-hybridized carbons (Fsp3) is 0.417. The van der Waals surface area contributed by atoms with Crippen molar-refractivity contribution in [2.75, 3.05) is 23.3 Å². The molecule has 3 aromatic heterocycles. The van der Waals surface area contributed by atoms with E-state index in [-0.39, 0.29) is 16.3 Å². The number of nitrogens with zero attached hydrogens (tertiary/aromatic N) is 3. The number of alkyl halides is 6. The van der Waals surface area contributed by atoms with Crippen molar-refractivity contribution in [3.05, 3.63) is 47.2 Å². The lowest BCUT2D eigenvalue weighted by Crippen LogP contribution is -2.46. The molecule has 0 radical (unpaired) electrons. The van der Waals surface area contributed by atoms with E-state index >= 15 is 0 Å². The first-order valence-corrected chi connectivity index (χ1v) is 12.3. The van der Waals surface area contributed by atoms with Crippen molar-refractivity contribution in [2.24, 2.45) is 5.41 Å². The molecule has 2 fully saturated rings. The van der Waals surface area contributed by atoms with E-state index in [1.54, 1.807) is 24.3 Å². The van der Waals surface area contributed by atoms with Gasteiger partial charge in [-0.25, -0.2) is 9.97 Å². The lowest BCUT2D eigenvalue weighted by molar-refractivity contribution is -0.140. The number of rotatable bonds is 4. The molecule has 6 rings (SSSR count). The molecule has 4 heterocycles. The molecule has 4 aromatic rings. The van der Waals surface area contributed by atoms with E-state index < -0.39 is 24.5 Å². The molecule has 5 nitrogen and oxygen atoms in total. The first-order chi connectivity index (χ1) is 17.0. The number of hydrogen-bond acceptors (Lipinski definition) is 5. The fourth-order valence-electron chi connectivity index (χ4n) is 5.57. The molecule has 1 aromatic carbocycles. The molecule has 2 aliphatic rings. The Kier molecular flexibility index (Phi) is 5.19. The van der Waals surface area contributed by atoms with Gasteiger partial charge in [0.05, 0.1) is 11.8 Å². The number of fused-ring (bicyclic) bond motifs is 2. The molecule has 2 N–H and O–H groups in total. The number of thiophene rings is 1. The summed E-state index contributed by atoms with van der Waals surface area (Å²) in [6, 6.07) is 8.01. The average molecular weight is 526 g/mol. The summed E-state index contributed by atoms with van der Waals surface area (Å²) >= 11 is 1.05. The maximum Gasteiger partial charge on any atom is 0.431 e. The number of halogens is 6. The Morgan fingerprint density at radius 1 is 1.08 bits per heavy atom. The van der Waals surface area contributed by atoms with Crippen molar-refractivity contribution in [1.82, 2.24) is 15.0 Å². The van der Waals surface area contributed by atoms with Crippen LogP contribution in [0, 0.1) is 5.41 Å². The SMILES string of the molecule is FC(F)(F)Cc1cc2c(N3CCC4(CC(Nc5ccc6cc(C(F)(F)F)[nH]c6c5)C4)C3)ncnc2s1. The highest BCUT2D eigenvalue weighted by Crippen LogP contribution is 2.50. The third kappa shape index (κ3) is 4.35. The van der Waals surface area contributed by atoms with Gasteiger partial charge in [-0.1, -0.05) is 6.07 Å². The van der Waals surface area contributed by atoms with Crippen LogP contribution in [0.2, 0.25) is 0 Å². The van der Waals surface area contributed by atoms with E-state index in [1.807, 2.05) is 0 Å². The Labute approximate surface area is 205 Å². The van der Waals surface area contributed by atoms with Crippen molar-refractivity contribution in [3.8, 4) is 0 Å². The van der Waals surface area contributed by atoms with Crippen LogP contribution in [-0.2, 0) is 12.6 Å². The number of aromatic amines is 1. The summed E-state index contributed by atoms with van der Waals surface area (Å²) in [4.78, 5) is 13.9. The topological polar surface area (TPSA) is 56.8 Å². The van der Waals surface area contributed by atoms with Gasteiger partial charge in [-0.05, 0) is 48.9 Å². The summed E-state index contributed by atoms with van der Waals surface area (Å²) in [5.41, 5.74) is 0.514. The van der Waals surface area contributed by atoms with E-state index in [2.05, 4.69) is 25.2 Å². The monoisotopic (exact) mass is 525 g/mol. The first kappa shape index (κ1) is 23.4. The zero-order valence-corrected chi connectivity index (χ0v) is 19.6. The fourth-order valence-corrected chi connectivity index (χ4v) is 6.59. The highest BCUT2D eigenvalue weighted by molar-refractivity contribution is 7.18. The van der Waals surface area contributed by atoms with E-state index in [0.717, 1.165) is 55.4 Å². The minimum absolute atomic E-state index is 0.0831. The second-order valence-electron chi connectivity index (χ2n) is 9.82. The van der Waals surface area contributed by atoms with Crippen LogP contribution >= 0.6 is 11.3 Å². The smallest absolute Gasteiger partial charge is 0.382 e. The Balaban J connectivity index is 1.12. The molecule has 1 aliphatic carbocycles. The second kappa shape index (κ2) is 7.99. The van der Waals surface area contributed by atoms with Crippen LogP contribution < -0.4 is 10.2 Å². The largest absolute Gasteiger partial charge is 0.431 e. The van der Waals surface area contributed by atoms with E-state index in [1.165, 1.54) is 6.33 Å². The third-order valence-corrected chi connectivity index (χ3v) is 8.17. The van der Waals surface area contributed by atoms with Crippen LogP contribution in [0.15, 0.2) is 36.7 Å². The number of nitrogens with one attached hydrogen (secondary N) is 2. The van der Waals surface area contributed by atoms with Gasteiger partial charge in [0.2, 0.25) is 0 Å². The molecule has 1 aliphatic heterocycles. The molecule has 12 heteroatoms. The van der Waals surface area contributed by atoms with Gasteiger partial charge >= 0.3 is 12.4 Å². The Hall–Kier alpha value is -3.02. The molecule has 0 amide bonds. The van der Waals surface area contributed by atoms with Gasteiger partial charge in [-0.15, -0.1) is 11.3 Å². The number of benzene rings is 1. The van der Waals surface area contributed by atoms with Crippen LogP contribution in [0.4, 0.5) is 37.8 Å². The number of aromatic nitrogens is 3. The highest BCUT2D eigenvalue weighted by atomic mass is 32.1. The van der Waals surface area contributed by atoms with Gasteiger partial charge in [-0.2, -0.15) is 26.3 Å². The molecule has 0 unspecified atom stereocenters. The molecular formula is C24H21F6N5S. The van der Waals surface area contributed by atoms with Crippen LogP contribution in [0.1, 0.15) is 29.8 Å². The van der Waals surface area contributed by atoms with Crippen LogP contribution in [0.3, 0.4) is 0 Å². The number of H-pyrrole nitrogens is 1. The Morgan fingerprint density at radius 2 is 1.89 bits per heavy atom. The van der Waals surface area contributed by atoms with Gasteiger partial charge in [0, 0.05) is 40.6 Å². The summed E-state index contributed by atoms with van der Waals surface area (Å²) in [6.45, 7) is 1.52. The summed E-state index contributed by atoms with van der Waals surface area (Å²) < 4.78 is 77.5. The second-order valence-corrected chi connectivity index (χ2v) is 10.9. The lowest BCUT2D eigenvalue weighted by atomic mass is 9.65. The summed E-state index contributed by atoms with van der Waals surface area (Å²) in [6.07, 6.45) is -5.51. The van der Waals surface area contributed by atoms with Gasteiger partial charge in [0.25, 0.3) is 0 Å². The number of hydrogen-bond donors (Lipinski definition) is 2. The molecule has 36 heavy (non-hydrogen) atoms. The maximum absolute atomic E-state index is 13.0. The lowest BCUT2D eigenvalue weighted by Gasteiger charge is -2.46. The summed E-state index contributed by atoms with van der Waals surface area (Å²) in [7, 11) is 0.